The number of carbonyl (C=O) groups is 2. The summed E-state index contributed by atoms with van der Waals surface area (Å²) in [6, 6.07) is 20.8. The van der Waals surface area contributed by atoms with Crippen molar-refractivity contribution < 1.29 is 58.2 Å². The molecule has 17 nitrogen and oxygen atoms in total. The SMILES string of the molecule is CC(=O)OCC(=O)Nc1ccc(S(=O)(=O)N(C)c2ccc3c(c2)nc(C(C)(F)F)n3CC2CCOCC2)cc1.CN(c1ccc2c(c1)nc(C(C)(F)F)n2CC1CCOCC1)S(=O)(=O)c1ccc(N)cc1. The molecule has 0 aliphatic carbocycles. The van der Waals surface area contributed by atoms with Crippen LogP contribution in [-0.2, 0) is 68.8 Å². The Hall–Kier alpha value is -6.30. The predicted octanol–water partition coefficient (Wildman–Crippen LogP) is 7.88. The molecule has 6 aromatic rings. The fourth-order valence-electron chi connectivity index (χ4n) is 8.35. The monoisotopic (exact) mass is 1030 g/mol. The van der Waals surface area contributed by atoms with Crippen LogP contribution >= 0.6 is 0 Å². The highest BCUT2D eigenvalue weighted by molar-refractivity contribution is 7.93. The van der Waals surface area contributed by atoms with Crippen LogP contribution in [0.25, 0.3) is 22.1 Å². The highest BCUT2D eigenvalue weighted by Crippen LogP contribution is 2.36. The Labute approximate surface area is 409 Å². The summed E-state index contributed by atoms with van der Waals surface area (Å²) in [7, 11) is -5.10. The molecular weight excluding hydrogens is 973 g/mol. The molecule has 3 N–H and O–H groups in total. The van der Waals surface area contributed by atoms with Crippen LogP contribution in [0, 0.1) is 11.8 Å². The van der Waals surface area contributed by atoms with Crippen molar-refractivity contribution >= 4 is 76.7 Å². The van der Waals surface area contributed by atoms with Gasteiger partial charge in [-0.3, -0.25) is 18.2 Å². The third kappa shape index (κ3) is 12.2. The number of benzene rings is 4. The molecule has 0 radical (unpaired) electrons. The lowest BCUT2D eigenvalue weighted by molar-refractivity contribution is -0.144. The van der Waals surface area contributed by atoms with E-state index in [0.717, 1.165) is 48.1 Å². The summed E-state index contributed by atoms with van der Waals surface area (Å²) in [5, 5.41) is 2.50. The van der Waals surface area contributed by atoms with E-state index < -0.39 is 50.4 Å². The van der Waals surface area contributed by atoms with Gasteiger partial charge >= 0.3 is 17.8 Å². The molecule has 2 aliphatic heterocycles. The molecule has 1 amide bonds. The first kappa shape index (κ1) is 52.5. The van der Waals surface area contributed by atoms with Gasteiger partial charge < -0.3 is 34.4 Å². The first-order valence-electron chi connectivity index (χ1n) is 22.7. The Bertz CT molecular complexity index is 3090. The van der Waals surface area contributed by atoms with E-state index in [0.29, 0.717) is 73.1 Å². The third-order valence-corrected chi connectivity index (χ3v) is 15.9. The summed E-state index contributed by atoms with van der Waals surface area (Å²) in [5.41, 5.74) is 8.65. The zero-order valence-corrected chi connectivity index (χ0v) is 41.4. The van der Waals surface area contributed by atoms with Crippen molar-refractivity contribution in [3.8, 4) is 0 Å². The lowest BCUT2D eigenvalue weighted by atomic mass is 10.00. The van der Waals surface area contributed by atoms with Gasteiger partial charge in [-0.2, -0.15) is 17.6 Å². The van der Waals surface area contributed by atoms with Gasteiger partial charge in [-0.05, 0) is 122 Å². The quantitative estimate of drug-likeness (QED) is 0.0572. The molecule has 4 aromatic carbocycles. The summed E-state index contributed by atoms with van der Waals surface area (Å²) in [6.07, 6.45) is 3.13. The molecule has 2 aromatic heterocycles. The van der Waals surface area contributed by atoms with Gasteiger partial charge in [0.2, 0.25) is 0 Å². The first-order valence-corrected chi connectivity index (χ1v) is 25.6. The number of nitrogens with one attached hydrogen (secondary N) is 1. The van der Waals surface area contributed by atoms with Crippen LogP contribution in [0.2, 0.25) is 0 Å². The largest absolute Gasteiger partial charge is 0.456 e. The van der Waals surface area contributed by atoms with Crippen molar-refractivity contribution in [1.82, 2.24) is 19.1 Å². The zero-order valence-electron chi connectivity index (χ0n) is 39.8. The van der Waals surface area contributed by atoms with E-state index >= 15 is 0 Å². The van der Waals surface area contributed by atoms with Crippen LogP contribution in [0.4, 0.5) is 40.3 Å². The van der Waals surface area contributed by atoms with Gasteiger partial charge in [-0.15, -0.1) is 0 Å². The summed E-state index contributed by atoms with van der Waals surface area (Å²) in [6.45, 7) is 5.54. The van der Waals surface area contributed by atoms with Crippen molar-refractivity contribution in [2.24, 2.45) is 11.8 Å². The van der Waals surface area contributed by atoms with Gasteiger partial charge in [-0.1, -0.05) is 0 Å². The van der Waals surface area contributed by atoms with Gasteiger partial charge in [0.15, 0.2) is 18.3 Å². The van der Waals surface area contributed by atoms with Gasteiger partial charge in [-0.25, -0.2) is 26.8 Å². The average Bonchev–Trinajstić information content (AvgIpc) is 3.89. The number of carbonyl (C=O) groups excluding carboxylic acids is 2. The zero-order chi connectivity index (χ0) is 51.5. The minimum atomic E-state index is -4.03. The minimum absolute atomic E-state index is 0.0473. The number of nitrogens with two attached hydrogens (primary N) is 1. The van der Waals surface area contributed by atoms with E-state index in [-0.39, 0.29) is 44.5 Å². The molecule has 4 heterocycles. The second kappa shape index (κ2) is 21.2. The molecule has 0 atom stereocenters. The molecule has 2 saturated heterocycles. The van der Waals surface area contributed by atoms with Crippen molar-refractivity contribution in [1.29, 1.82) is 0 Å². The van der Waals surface area contributed by atoms with Crippen LogP contribution in [0.3, 0.4) is 0 Å². The Morgan fingerprint density at radius 1 is 0.690 bits per heavy atom. The van der Waals surface area contributed by atoms with Crippen LogP contribution in [-0.4, -0.2) is 94.9 Å². The Morgan fingerprint density at radius 3 is 1.46 bits per heavy atom. The van der Waals surface area contributed by atoms with E-state index in [9.17, 15) is 44.0 Å². The Balaban J connectivity index is 0.000000213. The highest BCUT2D eigenvalue weighted by atomic mass is 32.2. The van der Waals surface area contributed by atoms with Crippen LogP contribution in [0.15, 0.2) is 94.7 Å². The highest BCUT2D eigenvalue weighted by Gasteiger charge is 2.35. The van der Waals surface area contributed by atoms with E-state index in [1.54, 1.807) is 28.8 Å². The van der Waals surface area contributed by atoms with Crippen LogP contribution in [0.1, 0.15) is 58.1 Å². The first-order chi connectivity index (χ1) is 33.4. The predicted molar refractivity (Wildman–Crippen MR) is 259 cm³/mol. The van der Waals surface area contributed by atoms with Crippen molar-refractivity contribution in [2.45, 2.75) is 81.2 Å². The Kier molecular flexibility index (Phi) is 15.7. The van der Waals surface area contributed by atoms with E-state index in [2.05, 4.69) is 20.0 Å². The number of imidazole rings is 2. The number of ether oxygens (including phenoxy) is 3. The summed E-state index contributed by atoms with van der Waals surface area (Å²) in [5.74, 6) is -7.77. The molecule has 382 valence electrons. The maximum atomic E-state index is 14.5. The molecule has 0 spiro atoms. The molecule has 0 unspecified atom stereocenters. The van der Waals surface area contributed by atoms with E-state index in [1.807, 2.05) is 0 Å². The lowest BCUT2D eigenvalue weighted by Gasteiger charge is -2.24. The fourth-order valence-corrected chi connectivity index (χ4v) is 10.7. The number of sulfonamides is 2. The third-order valence-electron chi connectivity index (χ3n) is 12.3. The average molecular weight is 1030 g/mol. The van der Waals surface area contributed by atoms with Gasteiger partial charge in [0.1, 0.15) is 0 Å². The summed E-state index contributed by atoms with van der Waals surface area (Å²) in [4.78, 5) is 31.1. The molecule has 71 heavy (non-hydrogen) atoms. The molecule has 2 aliphatic rings. The fraction of sp³-hybridized carbons (Fsp3) is 0.417. The van der Waals surface area contributed by atoms with E-state index in [4.69, 9.17) is 15.2 Å². The normalized spacial score (nSPS) is 15.3. The summed E-state index contributed by atoms with van der Waals surface area (Å²) < 4.78 is 131. The van der Waals surface area contributed by atoms with Crippen molar-refractivity contribution in [3.63, 3.8) is 0 Å². The number of hydrogen-bond donors (Lipinski definition) is 2. The topological polar surface area (TPSA) is 210 Å². The molecule has 0 saturated carbocycles. The number of nitrogens with zero attached hydrogens (tertiary/aromatic N) is 6. The number of anilines is 4. The molecular formula is C48H56F4N8O9S2. The molecule has 0 bridgehead atoms. The lowest BCUT2D eigenvalue weighted by Crippen LogP contribution is -2.26. The second-order valence-electron chi connectivity index (χ2n) is 17.7. The smallest absolute Gasteiger partial charge is 0.303 e. The molecule has 8 rings (SSSR count). The van der Waals surface area contributed by atoms with Gasteiger partial charge in [0.25, 0.3) is 26.0 Å². The van der Waals surface area contributed by atoms with Crippen molar-refractivity contribution in [3.05, 3.63) is 96.6 Å². The maximum Gasteiger partial charge on any atom is 0.303 e. The number of esters is 1. The van der Waals surface area contributed by atoms with Crippen molar-refractivity contribution in [2.75, 3.05) is 66.8 Å². The number of rotatable bonds is 15. The number of hydrogen-bond acceptors (Lipinski definition) is 12. The maximum absolute atomic E-state index is 14.5. The Morgan fingerprint density at radius 2 is 1.08 bits per heavy atom. The number of nitrogen functional groups attached to an aromatic ring is 1. The number of alkyl halides is 4. The second-order valence-corrected chi connectivity index (χ2v) is 21.6. The minimum Gasteiger partial charge on any atom is -0.456 e. The van der Waals surface area contributed by atoms with Gasteiger partial charge in [0, 0.05) is 85.8 Å². The van der Waals surface area contributed by atoms with Crippen LogP contribution < -0.4 is 19.7 Å². The number of amides is 1. The number of aromatic nitrogens is 4. The summed E-state index contributed by atoms with van der Waals surface area (Å²) >= 11 is 0. The van der Waals surface area contributed by atoms with E-state index in [1.165, 1.54) is 86.2 Å². The number of halogens is 4. The van der Waals surface area contributed by atoms with Gasteiger partial charge in [0.05, 0.1) is 43.2 Å². The molecule has 23 heteroatoms. The number of fused-ring (bicyclic) bond motifs is 2. The molecule has 2 fully saturated rings. The van der Waals surface area contributed by atoms with Crippen LogP contribution in [0.5, 0.6) is 0 Å². The standard InChI is InChI=1S/C26H30F2N4O6S.C22H26F2N4O3S/c1-17(33)38-16-24(34)29-19-4-7-21(8-5-19)39(35,36)31(3)20-6-9-23-22(14-20)30-25(26(2,27)28)32(23)15-18-10-12-37-13-11-18;1-22(23,24)21-26-19-13-17(27(2)32(29,30)18-6-3-16(25)4-7-18)5-8-20(19)28(21)14-15-9-11-31-12-10-15/h4-9,14,18H,10-13,15-16H2,1-3H3,(H,29,34);3-8,13,15H,9-12,14,25H2,1-2H3.